The molecule has 0 aromatic rings. The Morgan fingerprint density at radius 2 is 0.797 bits per heavy atom. The number of rotatable bonds is 54. The van der Waals surface area contributed by atoms with Crippen LogP contribution in [-0.4, -0.2) is 49.3 Å². The summed E-state index contributed by atoms with van der Waals surface area (Å²) in [5.41, 5.74) is 5.37. The topological polar surface area (TPSA) is 134 Å². The van der Waals surface area contributed by atoms with Gasteiger partial charge >= 0.3 is 19.8 Å². The third kappa shape index (κ3) is 54.9. The lowest BCUT2D eigenvalue weighted by atomic mass is 10.0. The van der Waals surface area contributed by atoms with Crippen LogP contribution in [0.4, 0.5) is 0 Å². The number of phosphoric ester groups is 1. The number of esters is 2. The Kier molecular flexibility index (Phi) is 53.2. The van der Waals surface area contributed by atoms with Crippen molar-refractivity contribution in [1.82, 2.24) is 0 Å². The summed E-state index contributed by atoms with van der Waals surface area (Å²) in [6.07, 6.45) is 68.7. The first kappa shape index (κ1) is 66.7. The highest BCUT2D eigenvalue weighted by Crippen LogP contribution is 2.43. The third-order valence-electron chi connectivity index (χ3n) is 12.4. The molecule has 0 fully saturated rings. The van der Waals surface area contributed by atoms with Gasteiger partial charge < -0.3 is 20.1 Å². The van der Waals surface area contributed by atoms with E-state index in [0.29, 0.717) is 6.42 Å². The summed E-state index contributed by atoms with van der Waals surface area (Å²) in [6, 6.07) is 0. The molecule has 69 heavy (non-hydrogen) atoms. The predicted octanol–water partition coefficient (Wildman–Crippen LogP) is 18.0. The first-order valence-electron chi connectivity index (χ1n) is 28.8. The van der Waals surface area contributed by atoms with E-state index in [0.717, 1.165) is 77.0 Å². The first-order valence-corrected chi connectivity index (χ1v) is 30.3. The smallest absolute Gasteiger partial charge is 0.462 e. The van der Waals surface area contributed by atoms with Gasteiger partial charge in [-0.25, -0.2) is 4.57 Å². The molecule has 0 spiro atoms. The number of allylic oxidation sites excluding steroid dienone is 10. The van der Waals surface area contributed by atoms with E-state index in [1.54, 1.807) is 0 Å². The maximum atomic E-state index is 12.6. The summed E-state index contributed by atoms with van der Waals surface area (Å²) in [6.45, 7) is 3.62. The fourth-order valence-electron chi connectivity index (χ4n) is 8.15. The molecule has 0 aromatic carbocycles. The van der Waals surface area contributed by atoms with E-state index in [1.807, 2.05) is 0 Å². The van der Waals surface area contributed by atoms with E-state index in [4.69, 9.17) is 24.3 Å². The fourth-order valence-corrected chi connectivity index (χ4v) is 8.92. The van der Waals surface area contributed by atoms with E-state index >= 15 is 0 Å². The number of hydrogen-bond donors (Lipinski definition) is 2. The van der Waals surface area contributed by atoms with E-state index in [2.05, 4.69) is 74.6 Å². The van der Waals surface area contributed by atoms with Gasteiger partial charge in [0.15, 0.2) is 6.10 Å². The van der Waals surface area contributed by atoms with Gasteiger partial charge in [-0.3, -0.25) is 18.6 Å². The minimum Gasteiger partial charge on any atom is -0.462 e. The zero-order valence-corrected chi connectivity index (χ0v) is 45.7. The van der Waals surface area contributed by atoms with Crippen LogP contribution in [-0.2, 0) is 32.7 Å². The maximum absolute atomic E-state index is 12.6. The Bertz CT molecular complexity index is 1310. The summed E-state index contributed by atoms with van der Waals surface area (Å²) in [5, 5.41) is 0. The Labute approximate surface area is 425 Å². The largest absolute Gasteiger partial charge is 0.472 e. The number of carbonyl (C=O) groups is 2. The van der Waals surface area contributed by atoms with Gasteiger partial charge in [0.05, 0.1) is 13.2 Å². The predicted molar refractivity (Wildman–Crippen MR) is 293 cm³/mol. The van der Waals surface area contributed by atoms with Crippen molar-refractivity contribution < 1.29 is 37.6 Å². The molecule has 2 atom stereocenters. The lowest BCUT2D eigenvalue weighted by Gasteiger charge is -2.19. The van der Waals surface area contributed by atoms with Gasteiger partial charge in [0.2, 0.25) is 0 Å². The number of unbranched alkanes of at least 4 members (excludes halogenated alkanes) is 31. The van der Waals surface area contributed by atoms with Crippen molar-refractivity contribution in [3.8, 4) is 0 Å². The van der Waals surface area contributed by atoms with E-state index in [-0.39, 0.29) is 38.6 Å². The van der Waals surface area contributed by atoms with Gasteiger partial charge in [0.1, 0.15) is 6.61 Å². The van der Waals surface area contributed by atoms with Gasteiger partial charge in [-0.05, 0) is 77.0 Å². The standard InChI is InChI=1S/C59H108NO8P/c1-3-5-7-9-11-13-15-17-19-20-21-22-23-24-25-26-27-28-29-30-31-32-33-34-35-36-38-39-41-43-45-47-49-51-58(61)65-55-57(56-67-69(63,64)66-54-53-60)68-59(62)52-50-48-46-44-42-40-37-18-16-14-12-10-8-6-4-2/h6,8,12,14-15,17-18,20-21,37,57H,3-5,7,9-11,13,16,19,22-36,38-56,60H2,1-2H3,(H,63,64)/b8-6-,14-12-,17-15-,21-20-,37-18-. The second-order valence-corrected chi connectivity index (χ2v) is 20.6. The van der Waals surface area contributed by atoms with Crippen molar-refractivity contribution >= 4 is 19.8 Å². The zero-order valence-electron chi connectivity index (χ0n) is 44.8. The summed E-state index contributed by atoms with van der Waals surface area (Å²) >= 11 is 0. The van der Waals surface area contributed by atoms with Crippen molar-refractivity contribution in [3.63, 3.8) is 0 Å². The van der Waals surface area contributed by atoms with Gasteiger partial charge in [-0.2, -0.15) is 0 Å². The van der Waals surface area contributed by atoms with Gasteiger partial charge in [-0.1, -0.05) is 242 Å². The molecular weight excluding hydrogens is 882 g/mol. The summed E-state index contributed by atoms with van der Waals surface area (Å²) < 4.78 is 32.9. The Morgan fingerprint density at radius 3 is 1.19 bits per heavy atom. The second kappa shape index (κ2) is 55.0. The summed E-state index contributed by atoms with van der Waals surface area (Å²) in [5.74, 6) is -0.840. The molecule has 3 N–H and O–H groups in total. The number of hydrogen-bond acceptors (Lipinski definition) is 8. The molecule has 9 nitrogen and oxygen atoms in total. The molecule has 0 aliphatic carbocycles. The van der Waals surface area contributed by atoms with Crippen LogP contribution in [0.2, 0.25) is 0 Å². The van der Waals surface area contributed by atoms with Crippen LogP contribution >= 0.6 is 7.82 Å². The lowest BCUT2D eigenvalue weighted by molar-refractivity contribution is -0.161. The van der Waals surface area contributed by atoms with Crippen LogP contribution in [0.25, 0.3) is 0 Å². The number of carbonyl (C=O) groups excluding carboxylic acids is 2. The quantitative estimate of drug-likeness (QED) is 0.0264. The van der Waals surface area contributed by atoms with Crippen LogP contribution in [0.1, 0.15) is 271 Å². The normalized spacial score (nSPS) is 13.5. The highest BCUT2D eigenvalue weighted by Gasteiger charge is 2.26. The molecule has 0 bridgehead atoms. The fraction of sp³-hybridized carbons (Fsp3) is 0.797. The Morgan fingerprint density at radius 1 is 0.449 bits per heavy atom. The van der Waals surface area contributed by atoms with Crippen molar-refractivity contribution in [1.29, 1.82) is 0 Å². The van der Waals surface area contributed by atoms with Crippen molar-refractivity contribution in [2.75, 3.05) is 26.4 Å². The van der Waals surface area contributed by atoms with Crippen LogP contribution in [0, 0.1) is 0 Å². The second-order valence-electron chi connectivity index (χ2n) is 19.1. The Hall–Kier alpha value is -2.29. The van der Waals surface area contributed by atoms with E-state index in [1.165, 1.54) is 161 Å². The van der Waals surface area contributed by atoms with Crippen LogP contribution in [0.5, 0.6) is 0 Å². The molecule has 0 aliphatic heterocycles. The summed E-state index contributed by atoms with van der Waals surface area (Å²) in [4.78, 5) is 35.1. The van der Waals surface area contributed by atoms with Crippen LogP contribution < -0.4 is 5.73 Å². The molecule has 0 rings (SSSR count). The van der Waals surface area contributed by atoms with E-state index < -0.39 is 26.5 Å². The van der Waals surface area contributed by atoms with E-state index in [9.17, 15) is 19.0 Å². The molecule has 0 aliphatic rings. The molecule has 0 amide bonds. The molecule has 10 heteroatoms. The Balaban J connectivity index is 3.85. The van der Waals surface area contributed by atoms with Gasteiger partial charge in [0.25, 0.3) is 0 Å². The van der Waals surface area contributed by atoms with Gasteiger partial charge in [0, 0.05) is 19.4 Å². The number of ether oxygens (including phenoxy) is 2. The monoisotopic (exact) mass is 990 g/mol. The average molecular weight is 990 g/mol. The van der Waals surface area contributed by atoms with Gasteiger partial charge in [-0.15, -0.1) is 0 Å². The summed E-state index contributed by atoms with van der Waals surface area (Å²) in [7, 11) is -4.39. The van der Waals surface area contributed by atoms with Crippen molar-refractivity contribution in [2.24, 2.45) is 5.73 Å². The molecule has 0 heterocycles. The molecular formula is C59H108NO8P. The minimum absolute atomic E-state index is 0.0495. The first-order chi connectivity index (χ1) is 33.8. The molecule has 0 saturated heterocycles. The zero-order chi connectivity index (χ0) is 50.2. The average Bonchev–Trinajstić information content (AvgIpc) is 3.34. The molecule has 0 aromatic heterocycles. The maximum Gasteiger partial charge on any atom is 0.472 e. The molecule has 402 valence electrons. The lowest BCUT2D eigenvalue weighted by Crippen LogP contribution is -2.29. The molecule has 0 radical (unpaired) electrons. The highest BCUT2D eigenvalue weighted by molar-refractivity contribution is 7.47. The van der Waals surface area contributed by atoms with Crippen molar-refractivity contribution in [3.05, 3.63) is 60.8 Å². The number of phosphoric acid groups is 1. The third-order valence-corrected chi connectivity index (χ3v) is 13.4. The van der Waals surface area contributed by atoms with Crippen LogP contribution in [0.15, 0.2) is 60.8 Å². The molecule has 2 unspecified atom stereocenters. The van der Waals surface area contributed by atoms with Crippen LogP contribution in [0.3, 0.4) is 0 Å². The molecule has 0 saturated carbocycles. The minimum atomic E-state index is -4.39. The highest BCUT2D eigenvalue weighted by atomic mass is 31.2. The van der Waals surface area contributed by atoms with Crippen molar-refractivity contribution in [2.45, 2.75) is 277 Å². The number of nitrogens with two attached hydrogens (primary N) is 1. The SMILES string of the molecule is CC/C=C\C/C=C\C/C=C\CCCCCCCC(=O)OC(COC(=O)CCCCCCCCCCCCCCCCCCCCCCC/C=C\C/C=C\CCCCCCC)COP(=O)(O)OCCN.